The summed E-state index contributed by atoms with van der Waals surface area (Å²) in [6.45, 7) is 6.61. The van der Waals surface area contributed by atoms with Gasteiger partial charge in [0.1, 0.15) is 7.05 Å². The fraction of sp³-hybridized carbons (Fsp3) is 0.353. The molecule has 1 N–H and O–H groups in total. The highest BCUT2D eigenvalue weighted by molar-refractivity contribution is 5.68. The molecule has 0 aliphatic heterocycles. The van der Waals surface area contributed by atoms with E-state index in [4.69, 9.17) is 0 Å². The van der Waals surface area contributed by atoms with Crippen molar-refractivity contribution in [1.82, 2.24) is 0 Å². The van der Waals surface area contributed by atoms with E-state index in [0.717, 1.165) is 6.42 Å². The lowest BCUT2D eigenvalue weighted by Crippen LogP contribution is -2.62. The largest absolute Gasteiger partial charge is 0.251 e. The minimum Gasteiger partial charge on any atom is -0.251 e. The summed E-state index contributed by atoms with van der Waals surface area (Å²) in [6.07, 6.45) is 9.46. The van der Waals surface area contributed by atoms with Gasteiger partial charge in [0.25, 0.3) is 0 Å². The first-order chi connectivity index (χ1) is 8.67. The summed E-state index contributed by atoms with van der Waals surface area (Å²) in [5.41, 5.74) is 3.96. The fourth-order valence-corrected chi connectivity index (χ4v) is 1.68. The molecule has 18 heavy (non-hydrogen) atoms. The van der Waals surface area contributed by atoms with Crippen LogP contribution in [0.5, 0.6) is 0 Å². The zero-order chi connectivity index (χ0) is 13.4. The maximum Gasteiger partial charge on any atom is 0.161 e. The molecule has 1 nitrogen and oxygen atoms in total. The average molecular weight is 242 g/mol. The van der Waals surface area contributed by atoms with Gasteiger partial charge < -0.3 is 0 Å². The summed E-state index contributed by atoms with van der Waals surface area (Å²) in [5, 5.41) is 0. The number of hydrogen-bond donors (Lipinski definition) is 1. The zero-order valence-electron chi connectivity index (χ0n) is 11.9. The van der Waals surface area contributed by atoms with Crippen LogP contribution < -0.4 is 4.99 Å². The lowest BCUT2D eigenvalue weighted by Gasteiger charge is -2.04. The van der Waals surface area contributed by atoms with E-state index in [1.165, 1.54) is 16.7 Å². The number of hydrogen-bond acceptors (Lipinski definition) is 0. The molecule has 0 heterocycles. The maximum absolute atomic E-state index is 3.02. The molecular weight excluding hydrogens is 218 g/mol. The second kappa shape index (κ2) is 7.65. The Morgan fingerprint density at radius 1 is 1.22 bits per heavy atom. The number of allylic oxidation sites excluding steroid dienone is 3. The Morgan fingerprint density at radius 2 is 1.89 bits per heavy atom. The summed E-state index contributed by atoms with van der Waals surface area (Å²) in [7, 11) is 1.91. The molecule has 96 valence electrons. The number of nitrogens with one attached hydrogen (secondary N) is 1. The van der Waals surface area contributed by atoms with E-state index in [0.29, 0.717) is 5.92 Å². The van der Waals surface area contributed by atoms with Crippen LogP contribution in [0, 0.1) is 0 Å². The van der Waals surface area contributed by atoms with Gasteiger partial charge in [-0.2, -0.15) is 0 Å². The standard InChI is InChI=1S/C17H23N/c1-5-15(12-13-18-4)6-7-16-8-10-17(11-9-16)14(2)3/h6-14H,5H2,1-4H3/p+1/b7-6+,15-12+,18-13?. The van der Waals surface area contributed by atoms with Gasteiger partial charge in [-0.3, -0.25) is 4.99 Å². The highest BCUT2D eigenvalue weighted by Crippen LogP contribution is 2.16. The predicted octanol–water partition coefficient (Wildman–Crippen LogP) is 2.94. The first-order valence-electron chi connectivity index (χ1n) is 6.65. The molecule has 0 atom stereocenters. The van der Waals surface area contributed by atoms with Crippen molar-refractivity contribution in [3.8, 4) is 0 Å². The lowest BCUT2D eigenvalue weighted by atomic mass is 10.0. The molecule has 1 aromatic rings. The van der Waals surface area contributed by atoms with Gasteiger partial charge in [-0.15, -0.1) is 0 Å². The third-order valence-corrected chi connectivity index (χ3v) is 2.97. The Hall–Kier alpha value is -1.63. The second-order valence-electron chi connectivity index (χ2n) is 4.71. The Balaban J connectivity index is 2.77. The van der Waals surface area contributed by atoms with Gasteiger partial charge in [-0.25, -0.2) is 0 Å². The van der Waals surface area contributed by atoms with E-state index in [2.05, 4.69) is 68.3 Å². The van der Waals surface area contributed by atoms with Crippen molar-refractivity contribution in [2.75, 3.05) is 7.05 Å². The van der Waals surface area contributed by atoms with Crippen molar-refractivity contribution in [1.29, 1.82) is 0 Å². The van der Waals surface area contributed by atoms with E-state index in [1.54, 1.807) is 0 Å². The Bertz CT molecular complexity index is 433. The molecule has 0 bridgehead atoms. The fourth-order valence-electron chi connectivity index (χ4n) is 1.68. The molecular formula is C17H24N+. The Labute approximate surface area is 111 Å². The van der Waals surface area contributed by atoms with E-state index >= 15 is 0 Å². The lowest BCUT2D eigenvalue weighted by molar-refractivity contribution is -0.413. The van der Waals surface area contributed by atoms with Crippen LogP contribution in [0.2, 0.25) is 0 Å². The topological polar surface area (TPSA) is 14.0 Å². The quantitative estimate of drug-likeness (QED) is 0.603. The van der Waals surface area contributed by atoms with E-state index in [1.807, 2.05) is 13.3 Å². The summed E-state index contributed by atoms with van der Waals surface area (Å²) >= 11 is 0. The minimum absolute atomic E-state index is 0.597. The second-order valence-corrected chi connectivity index (χ2v) is 4.71. The molecule has 0 aromatic heterocycles. The molecule has 1 heteroatoms. The minimum atomic E-state index is 0.597. The highest BCUT2D eigenvalue weighted by atomic mass is 14.6. The Kier molecular flexibility index (Phi) is 6.13. The van der Waals surface area contributed by atoms with Crippen molar-refractivity contribution >= 4 is 12.3 Å². The van der Waals surface area contributed by atoms with E-state index in [-0.39, 0.29) is 0 Å². The Morgan fingerprint density at radius 3 is 2.39 bits per heavy atom. The molecule has 0 unspecified atom stereocenters. The predicted molar refractivity (Wildman–Crippen MR) is 80.9 cm³/mol. The molecule has 0 saturated heterocycles. The molecule has 0 aliphatic rings. The summed E-state index contributed by atoms with van der Waals surface area (Å²) in [5.74, 6) is 0.597. The normalized spacial score (nSPS) is 13.1. The third kappa shape index (κ3) is 4.70. The molecule has 0 spiro atoms. The van der Waals surface area contributed by atoms with Crippen LogP contribution in [-0.4, -0.2) is 13.3 Å². The van der Waals surface area contributed by atoms with Crippen LogP contribution in [0.3, 0.4) is 0 Å². The molecule has 0 saturated carbocycles. The highest BCUT2D eigenvalue weighted by Gasteiger charge is 1.97. The van der Waals surface area contributed by atoms with E-state index < -0.39 is 0 Å². The van der Waals surface area contributed by atoms with Gasteiger partial charge in [-0.05, 0) is 29.0 Å². The van der Waals surface area contributed by atoms with Gasteiger partial charge in [0, 0.05) is 6.08 Å². The summed E-state index contributed by atoms with van der Waals surface area (Å²) < 4.78 is 0. The van der Waals surface area contributed by atoms with Crippen molar-refractivity contribution in [3.05, 3.63) is 53.1 Å². The van der Waals surface area contributed by atoms with Crippen LogP contribution in [0.25, 0.3) is 6.08 Å². The van der Waals surface area contributed by atoms with E-state index in [9.17, 15) is 0 Å². The number of benzene rings is 1. The van der Waals surface area contributed by atoms with Gasteiger partial charge in [0.05, 0.1) is 0 Å². The van der Waals surface area contributed by atoms with Crippen molar-refractivity contribution in [2.45, 2.75) is 33.1 Å². The van der Waals surface area contributed by atoms with Gasteiger partial charge >= 0.3 is 0 Å². The van der Waals surface area contributed by atoms with Gasteiger partial charge in [0.15, 0.2) is 6.21 Å². The monoisotopic (exact) mass is 242 g/mol. The molecule has 0 fully saturated rings. The van der Waals surface area contributed by atoms with Crippen LogP contribution >= 0.6 is 0 Å². The van der Waals surface area contributed by atoms with Crippen LogP contribution in [0.1, 0.15) is 44.2 Å². The molecule has 1 aromatic carbocycles. The number of rotatable bonds is 5. The first kappa shape index (κ1) is 14.4. The van der Waals surface area contributed by atoms with Crippen molar-refractivity contribution in [3.63, 3.8) is 0 Å². The van der Waals surface area contributed by atoms with Crippen LogP contribution in [0.15, 0.2) is 42.0 Å². The third-order valence-electron chi connectivity index (χ3n) is 2.97. The van der Waals surface area contributed by atoms with Crippen LogP contribution in [0.4, 0.5) is 0 Å². The average Bonchev–Trinajstić information content (AvgIpc) is 2.39. The molecule has 0 aliphatic carbocycles. The van der Waals surface area contributed by atoms with Gasteiger partial charge in [0.2, 0.25) is 0 Å². The molecule has 0 amide bonds. The summed E-state index contributed by atoms with van der Waals surface area (Å²) in [6, 6.07) is 8.78. The first-order valence-corrected chi connectivity index (χ1v) is 6.65. The summed E-state index contributed by atoms with van der Waals surface area (Å²) in [4.78, 5) is 3.02. The van der Waals surface area contributed by atoms with Gasteiger partial charge in [-0.1, -0.05) is 57.2 Å². The molecule has 0 radical (unpaired) electrons. The maximum atomic E-state index is 3.02. The SMILES string of the molecule is CCC(/C=C/c1ccc(C(C)C)cc1)=C\C=[NH+]C. The zero-order valence-corrected chi connectivity index (χ0v) is 11.9. The van der Waals surface area contributed by atoms with Crippen molar-refractivity contribution < 1.29 is 4.99 Å². The van der Waals surface area contributed by atoms with Crippen LogP contribution in [-0.2, 0) is 0 Å². The smallest absolute Gasteiger partial charge is 0.161 e. The van der Waals surface area contributed by atoms with Crippen molar-refractivity contribution in [2.24, 2.45) is 0 Å². The molecule has 1 rings (SSSR count).